The van der Waals surface area contributed by atoms with Crippen LogP contribution in [0.15, 0.2) is 22.8 Å². The molecular formula is C6H8OS2. The molecule has 0 aromatic carbocycles. The highest BCUT2D eigenvalue weighted by Gasteiger charge is 1.92. The SMILES string of the molecule is CSSCc1ccco1. The third-order valence-corrected chi connectivity index (χ3v) is 2.60. The first-order valence-corrected chi connectivity index (χ1v) is 5.34. The van der Waals surface area contributed by atoms with E-state index in [1.807, 2.05) is 12.1 Å². The second-order valence-electron chi connectivity index (χ2n) is 1.51. The van der Waals surface area contributed by atoms with Gasteiger partial charge in [0.05, 0.1) is 12.0 Å². The molecule has 0 radical (unpaired) electrons. The largest absolute Gasteiger partial charge is 0.468 e. The Balaban J connectivity index is 2.30. The average Bonchev–Trinajstić information content (AvgIpc) is 2.34. The van der Waals surface area contributed by atoms with Crippen LogP contribution in [0.1, 0.15) is 5.76 Å². The van der Waals surface area contributed by atoms with Gasteiger partial charge in [-0.15, -0.1) is 0 Å². The van der Waals surface area contributed by atoms with E-state index in [0.717, 1.165) is 11.5 Å². The molecule has 0 aliphatic carbocycles. The van der Waals surface area contributed by atoms with Gasteiger partial charge in [-0.2, -0.15) is 0 Å². The van der Waals surface area contributed by atoms with Crippen molar-refractivity contribution in [3.8, 4) is 0 Å². The summed E-state index contributed by atoms with van der Waals surface area (Å²) in [6.45, 7) is 0. The van der Waals surface area contributed by atoms with Crippen LogP contribution in [0, 0.1) is 0 Å². The highest BCUT2D eigenvalue weighted by atomic mass is 33.1. The second-order valence-corrected chi connectivity index (χ2v) is 4.07. The van der Waals surface area contributed by atoms with Crippen molar-refractivity contribution < 1.29 is 4.42 Å². The van der Waals surface area contributed by atoms with Gasteiger partial charge in [0.1, 0.15) is 5.76 Å². The first kappa shape index (κ1) is 7.09. The first-order valence-electron chi connectivity index (χ1n) is 2.61. The van der Waals surface area contributed by atoms with Gasteiger partial charge in [0.2, 0.25) is 0 Å². The van der Waals surface area contributed by atoms with Crippen LogP contribution < -0.4 is 0 Å². The number of hydrogen-bond donors (Lipinski definition) is 0. The molecule has 1 aromatic heterocycles. The molecule has 0 bridgehead atoms. The molecule has 1 nitrogen and oxygen atoms in total. The summed E-state index contributed by atoms with van der Waals surface area (Å²) in [6.07, 6.45) is 3.77. The normalized spacial score (nSPS) is 9.89. The Morgan fingerprint density at radius 2 is 2.56 bits per heavy atom. The molecule has 9 heavy (non-hydrogen) atoms. The van der Waals surface area contributed by atoms with E-state index in [4.69, 9.17) is 4.42 Å². The van der Waals surface area contributed by atoms with Crippen LogP contribution in [-0.4, -0.2) is 6.26 Å². The van der Waals surface area contributed by atoms with Gasteiger partial charge in [-0.3, -0.25) is 0 Å². The molecule has 1 rings (SSSR count). The number of hydrogen-bond acceptors (Lipinski definition) is 3. The predicted octanol–water partition coefficient (Wildman–Crippen LogP) is 2.79. The smallest absolute Gasteiger partial charge is 0.114 e. The summed E-state index contributed by atoms with van der Waals surface area (Å²) in [5.74, 6) is 2.02. The van der Waals surface area contributed by atoms with E-state index in [1.54, 1.807) is 27.9 Å². The van der Waals surface area contributed by atoms with Crippen molar-refractivity contribution in [3.63, 3.8) is 0 Å². The van der Waals surface area contributed by atoms with E-state index in [1.165, 1.54) is 0 Å². The van der Waals surface area contributed by atoms with E-state index in [0.29, 0.717) is 0 Å². The molecule has 1 aromatic rings. The lowest BCUT2D eigenvalue weighted by Crippen LogP contribution is -1.67. The Labute approximate surface area is 62.6 Å². The molecule has 0 saturated heterocycles. The summed E-state index contributed by atoms with van der Waals surface area (Å²) >= 11 is 0. The van der Waals surface area contributed by atoms with Crippen LogP contribution in [-0.2, 0) is 5.75 Å². The fraction of sp³-hybridized carbons (Fsp3) is 0.333. The lowest BCUT2D eigenvalue weighted by atomic mass is 10.5. The van der Waals surface area contributed by atoms with Gasteiger partial charge in [-0.1, -0.05) is 21.6 Å². The third-order valence-electron chi connectivity index (χ3n) is 0.899. The molecule has 0 aliphatic heterocycles. The van der Waals surface area contributed by atoms with Crippen molar-refractivity contribution in [3.05, 3.63) is 24.2 Å². The van der Waals surface area contributed by atoms with Crippen LogP contribution in [0.2, 0.25) is 0 Å². The summed E-state index contributed by atoms with van der Waals surface area (Å²) in [6, 6.07) is 3.90. The quantitative estimate of drug-likeness (QED) is 0.631. The standard InChI is InChI=1S/C6H8OS2/c1-8-9-5-6-3-2-4-7-6/h2-4H,5H2,1H3. The van der Waals surface area contributed by atoms with E-state index in [9.17, 15) is 0 Å². The molecule has 0 spiro atoms. The molecule has 1 heterocycles. The predicted molar refractivity (Wildman–Crippen MR) is 43.5 cm³/mol. The van der Waals surface area contributed by atoms with Crippen molar-refractivity contribution in [2.45, 2.75) is 5.75 Å². The Hall–Kier alpha value is -0.0200. The van der Waals surface area contributed by atoms with Crippen molar-refractivity contribution in [2.75, 3.05) is 6.26 Å². The zero-order chi connectivity index (χ0) is 6.53. The molecule has 0 saturated carbocycles. The highest BCUT2D eigenvalue weighted by molar-refractivity contribution is 8.76. The van der Waals surface area contributed by atoms with Gasteiger partial charge >= 0.3 is 0 Å². The zero-order valence-electron chi connectivity index (χ0n) is 5.16. The molecule has 50 valence electrons. The highest BCUT2D eigenvalue weighted by Crippen LogP contribution is 2.22. The minimum atomic E-state index is 0.966. The lowest BCUT2D eigenvalue weighted by molar-refractivity contribution is 0.530. The molecule has 0 aliphatic rings. The minimum absolute atomic E-state index is 0.966. The van der Waals surface area contributed by atoms with Gasteiger partial charge in [0.15, 0.2) is 0 Å². The van der Waals surface area contributed by atoms with Crippen LogP contribution in [0.25, 0.3) is 0 Å². The fourth-order valence-electron chi connectivity index (χ4n) is 0.512. The Bertz CT molecular complexity index is 148. The molecule has 0 N–H and O–H groups in total. The van der Waals surface area contributed by atoms with Crippen LogP contribution >= 0.6 is 21.6 Å². The minimum Gasteiger partial charge on any atom is -0.468 e. The van der Waals surface area contributed by atoms with Gasteiger partial charge in [0.25, 0.3) is 0 Å². The van der Waals surface area contributed by atoms with E-state index >= 15 is 0 Å². The van der Waals surface area contributed by atoms with Crippen LogP contribution in [0.5, 0.6) is 0 Å². The molecule has 3 heteroatoms. The van der Waals surface area contributed by atoms with E-state index in [-0.39, 0.29) is 0 Å². The van der Waals surface area contributed by atoms with Crippen LogP contribution in [0.4, 0.5) is 0 Å². The van der Waals surface area contributed by atoms with E-state index in [2.05, 4.69) is 6.26 Å². The molecule has 0 fully saturated rings. The Morgan fingerprint density at radius 3 is 3.11 bits per heavy atom. The summed E-state index contributed by atoms with van der Waals surface area (Å²) < 4.78 is 5.10. The van der Waals surface area contributed by atoms with Crippen molar-refractivity contribution in [1.29, 1.82) is 0 Å². The number of rotatable bonds is 3. The second kappa shape index (κ2) is 3.90. The van der Waals surface area contributed by atoms with Crippen molar-refractivity contribution >= 4 is 21.6 Å². The first-order chi connectivity index (χ1) is 4.43. The Morgan fingerprint density at radius 1 is 1.67 bits per heavy atom. The lowest BCUT2D eigenvalue weighted by Gasteiger charge is -1.89. The maximum absolute atomic E-state index is 5.10. The van der Waals surface area contributed by atoms with Crippen molar-refractivity contribution in [2.24, 2.45) is 0 Å². The molecule has 0 unspecified atom stereocenters. The fourth-order valence-corrected chi connectivity index (χ4v) is 1.61. The average molecular weight is 160 g/mol. The molecular weight excluding hydrogens is 152 g/mol. The number of furan rings is 1. The Kier molecular flexibility index (Phi) is 3.08. The molecule has 0 amide bonds. The van der Waals surface area contributed by atoms with Gasteiger partial charge in [-0.25, -0.2) is 0 Å². The monoisotopic (exact) mass is 160 g/mol. The maximum Gasteiger partial charge on any atom is 0.114 e. The maximum atomic E-state index is 5.10. The summed E-state index contributed by atoms with van der Waals surface area (Å²) in [7, 11) is 3.55. The van der Waals surface area contributed by atoms with Gasteiger partial charge in [-0.05, 0) is 18.4 Å². The van der Waals surface area contributed by atoms with Gasteiger partial charge in [0, 0.05) is 0 Å². The van der Waals surface area contributed by atoms with E-state index < -0.39 is 0 Å². The van der Waals surface area contributed by atoms with Crippen molar-refractivity contribution in [1.82, 2.24) is 0 Å². The topological polar surface area (TPSA) is 13.1 Å². The summed E-state index contributed by atoms with van der Waals surface area (Å²) in [5.41, 5.74) is 0. The summed E-state index contributed by atoms with van der Waals surface area (Å²) in [5, 5.41) is 0. The third kappa shape index (κ3) is 2.37. The summed E-state index contributed by atoms with van der Waals surface area (Å²) in [4.78, 5) is 0. The molecule has 0 atom stereocenters. The van der Waals surface area contributed by atoms with Gasteiger partial charge < -0.3 is 4.42 Å². The zero-order valence-corrected chi connectivity index (χ0v) is 6.80. The van der Waals surface area contributed by atoms with Crippen LogP contribution in [0.3, 0.4) is 0 Å².